The van der Waals surface area contributed by atoms with Crippen LogP contribution in [0.4, 0.5) is 5.13 Å². The van der Waals surface area contributed by atoms with Crippen LogP contribution in [-0.2, 0) is 11.3 Å². The second-order valence-corrected chi connectivity index (χ2v) is 8.64. The van der Waals surface area contributed by atoms with Crippen LogP contribution in [0, 0.1) is 0 Å². The maximum atomic E-state index is 12.4. The van der Waals surface area contributed by atoms with Gasteiger partial charge in [-0.25, -0.2) is 0 Å². The molecule has 0 bridgehead atoms. The summed E-state index contributed by atoms with van der Waals surface area (Å²) in [7, 11) is 0. The lowest BCUT2D eigenvalue weighted by atomic mass is 9.98. The van der Waals surface area contributed by atoms with Gasteiger partial charge in [0.05, 0.1) is 12.2 Å². The number of benzene rings is 1. The summed E-state index contributed by atoms with van der Waals surface area (Å²) in [6, 6.07) is 7.31. The van der Waals surface area contributed by atoms with Crippen LogP contribution in [-0.4, -0.2) is 28.3 Å². The van der Waals surface area contributed by atoms with E-state index in [1.54, 1.807) is 12.1 Å². The van der Waals surface area contributed by atoms with Crippen LogP contribution in [0.1, 0.15) is 73.2 Å². The number of aromatic nitrogens is 2. The van der Waals surface area contributed by atoms with E-state index in [0.717, 1.165) is 36.4 Å². The maximum absolute atomic E-state index is 12.4. The number of nitrogens with one attached hydrogen (secondary N) is 1. The van der Waals surface area contributed by atoms with Gasteiger partial charge in [0.2, 0.25) is 5.13 Å². The third-order valence-electron chi connectivity index (χ3n) is 5.40. The van der Waals surface area contributed by atoms with Crippen molar-refractivity contribution in [2.24, 2.45) is 0 Å². The normalized spacial score (nSPS) is 18.3. The summed E-state index contributed by atoms with van der Waals surface area (Å²) in [5.74, 6) is 0.634. The second kappa shape index (κ2) is 9.47. The third kappa shape index (κ3) is 5.29. The number of rotatable bonds is 7. The zero-order chi connectivity index (χ0) is 19.2. The Morgan fingerprint density at radius 3 is 2.39 bits per heavy atom. The van der Waals surface area contributed by atoms with Gasteiger partial charge in [-0.1, -0.05) is 30.6 Å². The largest absolute Gasteiger partial charge is 0.490 e. The molecule has 0 unspecified atom stereocenters. The predicted octanol–water partition coefficient (Wildman–Crippen LogP) is 4.96. The molecule has 0 aliphatic heterocycles. The summed E-state index contributed by atoms with van der Waals surface area (Å²) >= 11 is 1.36. The lowest BCUT2D eigenvalue weighted by Gasteiger charge is -2.23. The highest BCUT2D eigenvalue weighted by molar-refractivity contribution is 7.15. The van der Waals surface area contributed by atoms with E-state index in [9.17, 15) is 4.79 Å². The van der Waals surface area contributed by atoms with Crippen molar-refractivity contribution in [1.82, 2.24) is 10.2 Å². The molecule has 150 valence electrons. The molecule has 2 aromatic rings. The first-order valence-electron chi connectivity index (χ1n) is 10.3. The van der Waals surface area contributed by atoms with Crippen molar-refractivity contribution in [3.05, 3.63) is 34.8 Å². The number of amides is 1. The first-order chi connectivity index (χ1) is 13.8. The molecule has 28 heavy (non-hydrogen) atoms. The molecule has 1 N–H and O–H groups in total. The first kappa shape index (κ1) is 19.3. The highest BCUT2D eigenvalue weighted by Gasteiger charge is 2.17. The molecule has 4 rings (SSSR count). The van der Waals surface area contributed by atoms with Crippen molar-refractivity contribution >= 4 is 22.4 Å². The Hall–Kier alpha value is -1.99. The monoisotopic (exact) mass is 401 g/mol. The van der Waals surface area contributed by atoms with E-state index in [4.69, 9.17) is 9.47 Å². The van der Waals surface area contributed by atoms with Crippen molar-refractivity contribution in [2.45, 2.75) is 76.6 Å². The van der Waals surface area contributed by atoms with Crippen LogP contribution >= 0.6 is 11.3 Å². The Labute approximate surface area is 169 Å². The average Bonchev–Trinajstić information content (AvgIpc) is 3.40. The highest BCUT2D eigenvalue weighted by Crippen LogP contribution is 2.25. The smallest absolute Gasteiger partial charge is 0.257 e. The van der Waals surface area contributed by atoms with Gasteiger partial charge in [0, 0.05) is 5.56 Å². The van der Waals surface area contributed by atoms with Gasteiger partial charge in [-0.2, -0.15) is 0 Å². The Balaban J connectivity index is 1.27. The molecule has 2 saturated carbocycles. The second-order valence-electron chi connectivity index (χ2n) is 7.57. The van der Waals surface area contributed by atoms with Crippen LogP contribution in [0.3, 0.4) is 0 Å². The minimum atomic E-state index is -0.191. The SMILES string of the molecule is O=C(Nc1nnc(COC2CCCC2)s1)c1ccc(OC2CCCCC2)cc1. The number of carbonyl (C=O) groups is 1. The van der Waals surface area contributed by atoms with E-state index in [0.29, 0.717) is 29.5 Å². The Bertz CT molecular complexity index is 765. The first-order valence-corrected chi connectivity index (χ1v) is 11.1. The molecule has 0 spiro atoms. The van der Waals surface area contributed by atoms with Crippen LogP contribution in [0.2, 0.25) is 0 Å². The van der Waals surface area contributed by atoms with Crippen molar-refractivity contribution < 1.29 is 14.3 Å². The lowest BCUT2D eigenvalue weighted by molar-refractivity contribution is 0.0453. The number of ether oxygens (including phenoxy) is 2. The van der Waals surface area contributed by atoms with Crippen molar-refractivity contribution in [3.8, 4) is 5.75 Å². The summed E-state index contributed by atoms with van der Waals surface area (Å²) in [5.41, 5.74) is 0.579. The summed E-state index contributed by atoms with van der Waals surface area (Å²) < 4.78 is 11.9. The molecule has 6 nitrogen and oxygen atoms in total. The lowest BCUT2D eigenvalue weighted by Crippen LogP contribution is -2.19. The molecule has 1 heterocycles. The van der Waals surface area contributed by atoms with Crippen LogP contribution in [0.5, 0.6) is 5.75 Å². The van der Waals surface area contributed by atoms with E-state index in [1.165, 1.54) is 43.4 Å². The third-order valence-corrected chi connectivity index (χ3v) is 6.22. The molecular weight excluding hydrogens is 374 g/mol. The molecular formula is C21H27N3O3S. The van der Waals surface area contributed by atoms with Gasteiger partial charge in [0.25, 0.3) is 5.91 Å². The summed E-state index contributed by atoms with van der Waals surface area (Å²) in [6.07, 6.45) is 11.4. The fourth-order valence-electron chi connectivity index (χ4n) is 3.84. The number of carbonyl (C=O) groups excluding carboxylic acids is 1. The highest BCUT2D eigenvalue weighted by atomic mass is 32.1. The fourth-order valence-corrected chi connectivity index (χ4v) is 4.49. The van der Waals surface area contributed by atoms with Gasteiger partial charge in [0.15, 0.2) is 0 Å². The molecule has 2 fully saturated rings. The molecule has 0 saturated heterocycles. The molecule has 1 aromatic heterocycles. The molecule has 7 heteroatoms. The number of nitrogens with zero attached hydrogens (tertiary/aromatic N) is 2. The fraction of sp³-hybridized carbons (Fsp3) is 0.571. The van der Waals surface area contributed by atoms with Crippen LogP contribution < -0.4 is 10.1 Å². The van der Waals surface area contributed by atoms with E-state index in [2.05, 4.69) is 15.5 Å². The minimum Gasteiger partial charge on any atom is -0.490 e. The Morgan fingerprint density at radius 2 is 1.64 bits per heavy atom. The Morgan fingerprint density at radius 1 is 0.964 bits per heavy atom. The predicted molar refractivity (Wildman–Crippen MR) is 109 cm³/mol. The molecule has 2 aliphatic rings. The standard InChI is InChI=1S/C21H27N3O3S/c25-20(15-10-12-18(13-11-15)27-17-8-2-1-3-9-17)22-21-24-23-19(28-21)14-26-16-6-4-5-7-16/h10-13,16-17H,1-9,14H2,(H,22,24,25). The van der Waals surface area contributed by atoms with Gasteiger partial charge in [-0.05, 0) is 62.8 Å². The van der Waals surface area contributed by atoms with Crippen LogP contribution in [0.15, 0.2) is 24.3 Å². The molecule has 2 aliphatic carbocycles. The minimum absolute atomic E-state index is 0.191. The van der Waals surface area contributed by atoms with Gasteiger partial charge in [-0.3, -0.25) is 10.1 Å². The Kier molecular flexibility index (Phi) is 6.54. The molecule has 0 atom stereocenters. The van der Waals surface area contributed by atoms with E-state index < -0.39 is 0 Å². The van der Waals surface area contributed by atoms with Gasteiger partial charge in [0.1, 0.15) is 17.4 Å². The van der Waals surface area contributed by atoms with Gasteiger partial charge < -0.3 is 9.47 Å². The number of anilines is 1. The van der Waals surface area contributed by atoms with Crippen molar-refractivity contribution in [3.63, 3.8) is 0 Å². The van der Waals surface area contributed by atoms with Gasteiger partial charge in [-0.15, -0.1) is 10.2 Å². The summed E-state index contributed by atoms with van der Waals surface area (Å²) in [4.78, 5) is 12.4. The van der Waals surface area contributed by atoms with E-state index >= 15 is 0 Å². The van der Waals surface area contributed by atoms with E-state index in [1.807, 2.05) is 12.1 Å². The van der Waals surface area contributed by atoms with Gasteiger partial charge >= 0.3 is 0 Å². The topological polar surface area (TPSA) is 73.3 Å². The molecule has 0 radical (unpaired) electrons. The zero-order valence-electron chi connectivity index (χ0n) is 16.1. The number of hydrogen-bond acceptors (Lipinski definition) is 6. The summed E-state index contributed by atoms with van der Waals surface area (Å²) in [5, 5.41) is 12.3. The average molecular weight is 402 g/mol. The molecule has 1 amide bonds. The summed E-state index contributed by atoms with van der Waals surface area (Å²) in [6.45, 7) is 0.464. The van der Waals surface area contributed by atoms with Crippen molar-refractivity contribution in [2.75, 3.05) is 5.32 Å². The number of hydrogen-bond donors (Lipinski definition) is 1. The zero-order valence-corrected chi connectivity index (χ0v) is 16.9. The van der Waals surface area contributed by atoms with E-state index in [-0.39, 0.29) is 5.91 Å². The quantitative estimate of drug-likeness (QED) is 0.710. The molecule has 1 aromatic carbocycles. The van der Waals surface area contributed by atoms with Crippen molar-refractivity contribution in [1.29, 1.82) is 0 Å². The van der Waals surface area contributed by atoms with Crippen LogP contribution in [0.25, 0.3) is 0 Å². The maximum Gasteiger partial charge on any atom is 0.257 e.